The number of hydrogen-bond donors (Lipinski definition) is 2. The van der Waals surface area contributed by atoms with Crippen LogP contribution in [0.4, 0.5) is 5.69 Å². The number of likely N-dealkylation sites (tertiary alicyclic amines) is 1. The molecule has 0 saturated carbocycles. The van der Waals surface area contributed by atoms with Crippen molar-refractivity contribution in [2.45, 2.75) is 31.9 Å². The normalized spacial score (nSPS) is 19.6. The molecule has 2 rings (SSSR count). The van der Waals surface area contributed by atoms with Crippen LogP contribution in [0.3, 0.4) is 0 Å². The van der Waals surface area contributed by atoms with Crippen LogP contribution in [0.25, 0.3) is 0 Å². The lowest BCUT2D eigenvalue weighted by atomic mass is 10.1. The molecule has 0 amide bonds. The predicted octanol–water partition coefficient (Wildman–Crippen LogP) is 1.62. The number of nitrogen functional groups attached to an aromatic ring is 1. The number of aliphatic hydroxyl groups excluding tert-OH is 1. The number of piperidine rings is 1. The zero-order valence-electron chi connectivity index (χ0n) is 9.60. The molecule has 3 N–H and O–H groups in total. The maximum absolute atomic E-state index is 10.1. The molecule has 3 nitrogen and oxygen atoms in total. The van der Waals surface area contributed by atoms with Crippen LogP contribution in [0.5, 0.6) is 0 Å². The average molecular weight is 220 g/mol. The molecule has 0 radical (unpaired) electrons. The van der Waals surface area contributed by atoms with Gasteiger partial charge in [-0.25, -0.2) is 0 Å². The number of anilines is 1. The Balaban J connectivity index is 1.90. The van der Waals surface area contributed by atoms with Gasteiger partial charge in [0.25, 0.3) is 0 Å². The highest BCUT2D eigenvalue weighted by Crippen LogP contribution is 2.15. The molecule has 0 aliphatic carbocycles. The molecule has 1 heterocycles. The number of nitrogens with two attached hydrogens (primary N) is 1. The first-order chi connectivity index (χ1) is 7.75. The summed E-state index contributed by atoms with van der Waals surface area (Å²) in [4.78, 5) is 2.17. The van der Waals surface area contributed by atoms with Gasteiger partial charge in [0.2, 0.25) is 0 Å². The van der Waals surface area contributed by atoms with Gasteiger partial charge in [-0.05, 0) is 30.5 Å². The van der Waals surface area contributed by atoms with Crippen molar-refractivity contribution in [3.05, 3.63) is 29.8 Å². The first-order valence-corrected chi connectivity index (χ1v) is 6.02. The fraction of sp³-hybridized carbons (Fsp3) is 0.538. The molecule has 0 aromatic heterocycles. The summed E-state index contributed by atoms with van der Waals surface area (Å²) in [6, 6.07) is 7.75. The monoisotopic (exact) mass is 220 g/mol. The van der Waals surface area contributed by atoms with Gasteiger partial charge in [-0.1, -0.05) is 18.6 Å². The molecular formula is C13H20N2O. The van der Waals surface area contributed by atoms with Gasteiger partial charge < -0.3 is 10.8 Å². The second-order valence-corrected chi connectivity index (χ2v) is 4.52. The highest BCUT2D eigenvalue weighted by Gasteiger charge is 2.18. The quantitative estimate of drug-likeness (QED) is 0.761. The SMILES string of the molecule is Nc1ccc(CC(O)N2CCCCC2)cc1. The average Bonchev–Trinajstić information content (AvgIpc) is 2.33. The largest absolute Gasteiger partial charge is 0.399 e. The molecule has 1 saturated heterocycles. The summed E-state index contributed by atoms with van der Waals surface area (Å²) in [5.41, 5.74) is 7.55. The van der Waals surface area contributed by atoms with E-state index in [1.807, 2.05) is 24.3 Å². The molecule has 1 aromatic carbocycles. The Morgan fingerprint density at radius 2 is 1.75 bits per heavy atom. The minimum Gasteiger partial charge on any atom is -0.399 e. The highest BCUT2D eigenvalue weighted by molar-refractivity contribution is 5.39. The summed E-state index contributed by atoms with van der Waals surface area (Å²) in [6.07, 6.45) is 4.06. The molecule has 1 aromatic rings. The molecule has 88 valence electrons. The van der Waals surface area contributed by atoms with E-state index in [1.54, 1.807) is 0 Å². The molecule has 0 spiro atoms. The fourth-order valence-corrected chi connectivity index (χ4v) is 2.21. The topological polar surface area (TPSA) is 49.5 Å². The molecule has 1 aliphatic heterocycles. The van der Waals surface area contributed by atoms with E-state index in [9.17, 15) is 5.11 Å². The lowest BCUT2D eigenvalue weighted by Gasteiger charge is -2.31. The number of rotatable bonds is 3. The van der Waals surface area contributed by atoms with Crippen LogP contribution in [0.15, 0.2) is 24.3 Å². The first kappa shape index (κ1) is 11.4. The zero-order valence-corrected chi connectivity index (χ0v) is 9.60. The molecule has 1 unspecified atom stereocenters. The van der Waals surface area contributed by atoms with E-state index >= 15 is 0 Å². The van der Waals surface area contributed by atoms with E-state index in [2.05, 4.69) is 4.90 Å². The van der Waals surface area contributed by atoms with E-state index in [0.29, 0.717) is 6.42 Å². The number of benzene rings is 1. The Labute approximate surface area is 96.9 Å². The summed E-state index contributed by atoms with van der Waals surface area (Å²) in [6.45, 7) is 2.05. The Morgan fingerprint density at radius 1 is 1.12 bits per heavy atom. The Morgan fingerprint density at radius 3 is 2.38 bits per heavy atom. The minimum absolute atomic E-state index is 0.344. The van der Waals surface area contributed by atoms with Crippen LogP contribution in [0.2, 0.25) is 0 Å². The van der Waals surface area contributed by atoms with Gasteiger partial charge in [0.05, 0.1) is 0 Å². The van der Waals surface area contributed by atoms with Gasteiger partial charge in [-0.3, -0.25) is 4.90 Å². The van der Waals surface area contributed by atoms with E-state index in [0.717, 1.165) is 24.3 Å². The Kier molecular flexibility index (Phi) is 3.80. The van der Waals surface area contributed by atoms with Crippen LogP contribution in [-0.4, -0.2) is 29.3 Å². The van der Waals surface area contributed by atoms with E-state index in [-0.39, 0.29) is 6.23 Å². The van der Waals surface area contributed by atoms with Crippen molar-refractivity contribution in [2.24, 2.45) is 0 Å². The second kappa shape index (κ2) is 5.32. The molecule has 1 fully saturated rings. The van der Waals surface area contributed by atoms with Crippen molar-refractivity contribution in [3.8, 4) is 0 Å². The predicted molar refractivity (Wildman–Crippen MR) is 66.0 cm³/mol. The number of nitrogens with zero attached hydrogens (tertiary/aromatic N) is 1. The van der Waals surface area contributed by atoms with Gasteiger partial charge in [0.1, 0.15) is 6.23 Å². The lowest BCUT2D eigenvalue weighted by molar-refractivity contribution is -0.00697. The van der Waals surface area contributed by atoms with Crippen molar-refractivity contribution in [3.63, 3.8) is 0 Å². The van der Waals surface area contributed by atoms with Crippen LogP contribution < -0.4 is 5.73 Å². The molecule has 16 heavy (non-hydrogen) atoms. The molecular weight excluding hydrogens is 200 g/mol. The van der Waals surface area contributed by atoms with Crippen LogP contribution >= 0.6 is 0 Å². The van der Waals surface area contributed by atoms with Gasteiger partial charge in [-0.2, -0.15) is 0 Å². The zero-order chi connectivity index (χ0) is 11.4. The maximum Gasteiger partial charge on any atom is 0.111 e. The first-order valence-electron chi connectivity index (χ1n) is 6.02. The number of hydrogen-bond acceptors (Lipinski definition) is 3. The summed E-state index contributed by atoms with van der Waals surface area (Å²) < 4.78 is 0. The lowest BCUT2D eigenvalue weighted by Crippen LogP contribution is -2.40. The van der Waals surface area contributed by atoms with Crippen molar-refractivity contribution in [1.82, 2.24) is 4.90 Å². The van der Waals surface area contributed by atoms with Crippen LogP contribution in [-0.2, 0) is 6.42 Å². The Hall–Kier alpha value is -1.06. The van der Waals surface area contributed by atoms with Crippen molar-refractivity contribution >= 4 is 5.69 Å². The van der Waals surface area contributed by atoms with Gasteiger partial charge in [0.15, 0.2) is 0 Å². The molecule has 1 aliphatic rings. The standard InChI is InChI=1S/C13H20N2O/c14-12-6-4-11(5-7-12)10-13(16)15-8-2-1-3-9-15/h4-7,13,16H,1-3,8-10,14H2. The van der Waals surface area contributed by atoms with Crippen molar-refractivity contribution in [1.29, 1.82) is 0 Å². The number of aliphatic hydroxyl groups is 1. The second-order valence-electron chi connectivity index (χ2n) is 4.52. The summed E-state index contributed by atoms with van der Waals surface area (Å²) in [5, 5.41) is 10.1. The van der Waals surface area contributed by atoms with Crippen molar-refractivity contribution in [2.75, 3.05) is 18.8 Å². The molecule has 1 atom stereocenters. The summed E-state index contributed by atoms with van der Waals surface area (Å²) >= 11 is 0. The highest BCUT2D eigenvalue weighted by atomic mass is 16.3. The summed E-state index contributed by atoms with van der Waals surface area (Å²) in [5.74, 6) is 0. The summed E-state index contributed by atoms with van der Waals surface area (Å²) in [7, 11) is 0. The van der Waals surface area contributed by atoms with Gasteiger partial charge >= 0.3 is 0 Å². The maximum atomic E-state index is 10.1. The molecule has 0 bridgehead atoms. The van der Waals surface area contributed by atoms with E-state index in [4.69, 9.17) is 5.73 Å². The third-order valence-corrected chi connectivity index (χ3v) is 3.21. The molecule has 3 heteroatoms. The van der Waals surface area contributed by atoms with Crippen LogP contribution in [0, 0.1) is 0 Å². The minimum atomic E-state index is -0.344. The third-order valence-electron chi connectivity index (χ3n) is 3.21. The van der Waals surface area contributed by atoms with Crippen LogP contribution in [0.1, 0.15) is 24.8 Å². The van der Waals surface area contributed by atoms with E-state index in [1.165, 1.54) is 19.3 Å². The van der Waals surface area contributed by atoms with E-state index < -0.39 is 0 Å². The van der Waals surface area contributed by atoms with Gasteiger partial charge in [-0.15, -0.1) is 0 Å². The smallest absolute Gasteiger partial charge is 0.111 e. The Bertz CT molecular complexity index is 317. The fourth-order valence-electron chi connectivity index (χ4n) is 2.21. The third kappa shape index (κ3) is 2.97. The van der Waals surface area contributed by atoms with Crippen molar-refractivity contribution < 1.29 is 5.11 Å². The van der Waals surface area contributed by atoms with Gasteiger partial charge in [0, 0.05) is 25.2 Å².